The Morgan fingerprint density at radius 1 is 0.353 bits per heavy atom. The number of nitrogens with zero attached hydrogens (tertiary/aromatic N) is 2. The Hall–Kier alpha value is -6.84. The molecule has 10 aromatic rings. The molecule has 10 rings (SSSR count). The molecule has 2 heterocycles. The predicted molar refractivity (Wildman–Crippen MR) is 212 cm³/mol. The Balaban J connectivity index is 1.22. The largest absolute Gasteiger partial charge is 0.455 e. The van der Waals surface area contributed by atoms with Crippen LogP contribution in [-0.2, 0) is 0 Å². The molecule has 0 amide bonds. The molecule has 0 saturated carbocycles. The average Bonchev–Trinajstić information content (AvgIpc) is 3.58. The second-order valence-corrected chi connectivity index (χ2v) is 13.0. The third-order valence-corrected chi connectivity index (χ3v) is 9.87. The topological polar surface area (TPSA) is 38.9 Å². The first kappa shape index (κ1) is 29.1. The maximum Gasteiger partial charge on any atom is 0.161 e. The van der Waals surface area contributed by atoms with Crippen molar-refractivity contribution >= 4 is 43.5 Å². The second-order valence-electron chi connectivity index (χ2n) is 13.0. The first-order valence-corrected chi connectivity index (χ1v) is 17.2. The van der Waals surface area contributed by atoms with Crippen molar-refractivity contribution in [2.75, 3.05) is 0 Å². The van der Waals surface area contributed by atoms with Crippen LogP contribution in [0.15, 0.2) is 186 Å². The fraction of sp³-hybridized carbons (Fsp3) is 0. The fourth-order valence-corrected chi connectivity index (χ4v) is 7.27. The lowest BCUT2D eigenvalue weighted by molar-refractivity contribution is 0.670. The molecule has 238 valence electrons. The van der Waals surface area contributed by atoms with Gasteiger partial charge in [-0.05, 0) is 74.6 Å². The smallest absolute Gasteiger partial charge is 0.161 e. The van der Waals surface area contributed by atoms with E-state index in [1.165, 1.54) is 21.9 Å². The van der Waals surface area contributed by atoms with Crippen LogP contribution < -0.4 is 0 Å². The highest BCUT2D eigenvalue weighted by atomic mass is 16.3. The van der Waals surface area contributed by atoms with Gasteiger partial charge in [-0.1, -0.05) is 146 Å². The molecule has 0 aliphatic heterocycles. The molecule has 0 N–H and O–H groups in total. The van der Waals surface area contributed by atoms with Gasteiger partial charge in [-0.25, -0.2) is 9.97 Å². The van der Waals surface area contributed by atoms with Crippen LogP contribution in [0, 0.1) is 0 Å². The third kappa shape index (κ3) is 5.15. The molecule has 51 heavy (non-hydrogen) atoms. The van der Waals surface area contributed by atoms with Crippen LogP contribution in [0.4, 0.5) is 0 Å². The van der Waals surface area contributed by atoms with Gasteiger partial charge in [0.15, 0.2) is 5.82 Å². The lowest BCUT2D eigenvalue weighted by Crippen LogP contribution is -1.97. The molecule has 0 fully saturated rings. The molecule has 0 bridgehead atoms. The molecule has 2 aromatic heterocycles. The number of benzene rings is 8. The van der Waals surface area contributed by atoms with Crippen molar-refractivity contribution in [1.29, 1.82) is 0 Å². The minimum atomic E-state index is 0.659. The van der Waals surface area contributed by atoms with E-state index >= 15 is 0 Å². The minimum Gasteiger partial charge on any atom is -0.455 e. The predicted octanol–water partition coefficient (Wildman–Crippen LogP) is 13.0. The number of hydrogen-bond donors (Lipinski definition) is 0. The van der Waals surface area contributed by atoms with E-state index in [0.29, 0.717) is 5.82 Å². The van der Waals surface area contributed by atoms with Gasteiger partial charge in [-0.15, -0.1) is 0 Å². The Bertz CT molecular complexity index is 2890. The number of hydrogen-bond acceptors (Lipinski definition) is 3. The third-order valence-electron chi connectivity index (χ3n) is 9.87. The highest BCUT2D eigenvalue weighted by molar-refractivity contribution is 6.18. The molecule has 0 spiro atoms. The van der Waals surface area contributed by atoms with Crippen LogP contribution >= 0.6 is 0 Å². The Kier molecular flexibility index (Phi) is 6.81. The highest BCUT2D eigenvalue weighted by Gasteiger charge is 2.21. The zero-order chi connectivity index (χ0) is 33.7. The lowest BCUT2D eigenvalue weighted by Gasteiger charge is -2.12. The van der Waals surface area contributed by atoms with Gasteiger partial charge in [-0.3, -0.25) is 0 Å². The summed E-state index contributed by atoms with van der Waals surface area (Å²) in [7, 11) is 0. The Morgan fingerprint density at radius 3 is 1.61 bits per heavy atom. The molecular formula is C48H30N2O. The summed E-state index contributed by atoms with van der Waals surface area (Å²) in [5.41, 5.74) is 10.9. The van der Waals surface area contributed by atoms with E-state index in [2.05, 4.69) is 170 Å². The molecule has 0 aliphatic rings. The van der Waals surface area contributed by atoms with Crippen molar-refractivity contribution in [3.8, 4) is 56.2 Å². The fourth-order valence-electron chi connectivity index (χ4n) is 7.27. The summed E-state index contributed by atoms with van der Waals surface area (Å²) in [6.07, 6.45) is 0. The SMILES string of the molecule is c1ccc(-c2ccc(-c3ccc(-c4nc(-c5ccccc5)cc(-c5ccc6ccccc6c5)n4)c4c3oc3cc5ccccc5cc34)cc2)cc1. The first-order valence-electron chi connectivity index (χ1n) is 17.2. The molecule has 3 heteroatoms. The molecule has 3 nitrogen and oxygen atoms in total. The van der Waals surface area contributed by atoms with E-state index in [1.54, 1.807) is 0 Å². The molecule has 0 atom stereocenters. The Labute approximate surface area is 295 Å². The van der Waals surface area contributed by atoms with Crippen LogP contribution in [0.25, 0.3) is 99.6 Å². The monoisotopic (exact) mass is 650 g/mol. The average molecular weight is 651 g/mol. The van der Waals surface area contributed by atoms with Crippen LogP contribution in [0.3, 0.4) is 0 Å². The summed E-state index contributed by atoms with van der Waals surface area (Å²) >= 11 is 0. The molecule has 0 aliphatic carbocycles. The number of fused-ring (bicyclic) bond motifs is 5. The number of aromatic nitrogens is 2. The summed E-state index contributed by atoms with van der Waals surface area (Å²) in [4.78, 5) is 10.6. The quantitative estimate of drug-likeness (QED) is 0.186. The molecular weight excluding hydrogens is 621 g/mol. The van der Waals surface area contributed by atoms with Crippen LogP contribution in [-0.4, -0.2) is 9.97 Å². The first-order chi connectivity index (χ1) is 25.2. The minimum absolute atomic E-state index is 0.659. The normalized spacial score (nSPS) is 11.5. The van der Waals surface area contributed by atoms with Gasteiger partial charge in [0.05, 0.1) is 11.4 Å². The Morgan fingerprint density at radius 2 is 0.882 bits per heavy atom. The van der Waals surface area contributed by atoms with E-state index in [1.807, 2.05) is 12.1 Å². The lowest BCUT2D eigenvalue weighted by atomic mass is 9.95. The highest BCUT2D eigenvalue weighted by Crippen LogP contribution is 2.43. The zero-order valence-corrected chi connectivity index (χ0v) is 27.6. The zero-order valence-electron chi connectivity index (χ0n) is 27.6. The van der Waals surface area contributed by atoms with Gasteiger partial charge in [0, 0.05) is 33.0 Å². The van der Waals surface area contributed by atoms with E-state index < -0.39 is 0 Å². The van der Waals surface area contributed by atoms with Crippen molar-refractivity contribution < 1.29 is 4.42 Å². The van der Waals surface area contributed by atoms with E-state index in [0.717, 1.165) is 71.9 Å². The van der Waals surface area contributed by atoms with Crippen LogP contribution in [0.1, 0.15) is 0 Å². The maximum absolute atomic E-state index is 6.85. The van der Waals surface area contributed by atoms with Crippen molar-refractivity contribution in [1.82, 2.24) is 9.97 Å². The van der Waals surface area contributed by atoms with Gasteiger partial charge < -0.3 is 4.42 Å². The van der Waals surface area contributed by atoms with Gasteiger partial charge in [0.2, 0.25) is 0 Å². The summed E-state index contributed by atoms with van der Waals surface area (Å²) in [6.45, 7) is 0. The van der Waals surface area contributed by atoms with Crippen LogP contribution in [0.2, 0.25) is 0 Å². The van der Waals surface area contributed by atoms with Crippen molar-refractivity contribution in [2.24, 2.45) is 0 Å². The molecule has 0 radical (unpaired) electrons. The van der Waals surface area contributed by atoms with Gasteiger partial charge in [0.25, 0.3) is 0 Å². The van der Waals surface area contributed by atoms with E-state index in [9.17, 15) is 0 Å². The standard InChI is InChI=1S/C48H30N2O/c1-3-11-31(12-4-1)33-19-22-34(23-20-33)40-25-26-41(46-42-28-37-17-9-10-18-38(37)29-45(42)51-47(40)46)48-49-43(35-14-5-2-6-15-35)30-44(50-48)39-24-21-32-13-7-8-16-36(32)27-39/h1-30H. The van der Waals surface area contributed by atoms with E-state index in [-0.39, 0.29) is 0 Å². The molecule has 8 aromatic carbocycles. The second kappa shape index (κ2) is 11.9. The van der Waals surface area contributed by atoms with Crippen molar-refractivity contribution in [3.63, 3.8) is 0 Å². The molecule has 0 unspecified atom stereocenters. The van der Waals surface area contributed by atoms with Crippen LogP contribution in [0.5, 0.6) is 0 Å². The number of furan rings is 1. The summed E-state index contributed by atoms with van der Waals surface area (Å²) < 4.78 is 6.85. The van der Waals surface area contributed by atoms with Gasteiger partial charge >= 0.3 is 0 Å². The summed E-state index contributed by atoms with van der Waals surface area (Å²) in [5, 5.41) is 6.73. The van der Waals surface area contributed by atoms with E-state index in [4.69, 9.17) is 14.4 Å². The summed E-state index contributed by atoms with van der Waals surface area (Å²) in [5.74, 6) is 0.659. The molecule has 0 saturated heterocycles. The van der Waals surface area contributed by atoms with Gasteiger partial charge in [-0.2, -0.15) is 0 Å². The van der Waals surface area contributed by atoms with Crippen molar-refractivity contribution in [3.05, 3.63) is 182 Å². The maximum atomic E-state index is 6.85. The summed E-state index contributed by atoms with van der Waals surface area (Å²) in [6, 6.07) is 63.8. The van der Waals surface area contributed by atoms with Gasteiger partial charge in [0.1, 0.15) is 11.2 Å². The van der Waals surface area contributed by atoms with Crippen molar-refractivity contribution in [2.45, 2.75) is 0 Å². The number of rotatable bonds is 5.